The Kier molecular flexibility index (Phi) is 18.5. The minimum atomic E-state index is -1.49. The number of rotatable bonds is 11. The van der Waals surface area contributed by atoms with Crippen molar-refractivity contribution >= 4 is 24.2 Å². The third kappa shape index (κ3) is 13.1. The number of ether oxygens (including phenoxy) is 8. The van der Waals surface area contributed by atoms with Gasteiger partial charge in [0.05, 0.1) is 36.9 Å². The number of esters is 3. The first-order valence-corrected chi connectivity index (χ1v) is 19.6. The number of likely N-dealkylation sites (N-methyl/N-ethyl adjacent to an activating group) is 1. The SMILES string of the molecule is CCC(=O)O[C@@H]1CC(=O)O[C@@H](C)C/C=C/C=C/[C@H](O)[C@@H](C)C[C@H](CC=O)[C@H](O[C@H]2O[C@H](C)[C@@H](O[C@H]3C[C@](C)(O)[C@H](OC(C)=O)[C@@H](C)O3)[C@H](N(C)C)[C@H]2O)[C@H]1OC. The van der Waals surface area contributed by atoms with Crippen molar-refractivity contribution in [3.05, 3.63) is 24.3 Å². The van der Waals surface area contributed by atoms with Crippen LogP contribution in [-0.4, -0.2) is 151 Å². The van der Waals surface area contributed by atoms with E-state index in [2.05, 4.69) is 0 Å². The van der Waals surface area contributed by atoms with Crippen molar-refractivity contribution in [2.45, 2.75) is 172 Å². The summed E-state index contributed by atoms with van der Waals surface area (Å²) < 4.78 is 48.3. The highest BCUT2D eigenvalue weighted by atomic mass is 16.7. The first-order valence-electron chi connectivity index (χ1n) is 19.6. The normalized spacial score (nSPS) is 41.6. The molecule has 3 heterocycles. The highest BCUT2D eigenvalue weighted by Gasteiger charge is 2.53. The van der Waals surface area contributed by atoms with E-state index in [0.717, 1.165) is 0 Å². The Morgan fingerprint density at radius 3 is 2.30 bits per heavy atom. The van der Waals surface area contributed by atoms with Gasteiger partial charge < -0.3 is 62.9 Å². The maximum atomic E-state index is 13.3. The lowest BCUT2D eigenvalue weighted by Gasteiger charge is -2.50. The van der Waals surface area contributed by atoms with Crippen LogP contribution in [0, 0.1) is 11.8 Å². The summed E-state index contributed by atoms with van der Waals surface area (Å²) in [7, 11) is 4.85. The molecule has 3 aliphatic rings. The highest BCUT2D eigenvalue weighted by Crippen LogP contribution is 2.37. The van der Waals surface area contributed by atoms with Crippen LogP contribution >= 0.6 is 0 Å². The fraction of sp³-hybridized carbons (Fsp3) is 0.800. The molecule has 0 saturated carbocycles. The van der Waals surface area contributed by atoms with Crippen molar-refractivity contribution in [3.63, 3.8) is 0 Å². The zero-order valence-electron chi connectivity index (χ0n) is 34.5. The summed E-state index contributed by atoms with van der Waals surface area (Å²) in [6.07, 6.45) is -4.23. The Morgan fingerprint density at radius 1 is 1.02 bits per heavy atom. The molecule has 0 unspecified atom stereocenters. The molecule has 320 valence electrons. The number of hydrogen-bond donors (Lipinski definition) is 3. The lowest BCUT2D eigenvalue weighted by atomic mass is 9.82. The van der Waals surface area contributed by atoms with E-state index in [9.17, 15) is 34.5 Å². The number of carbonyl (C=O) groups is 4. The third-order valence-corrected chi connectivity index (χ3v) is 10.6. The number of methoxy groups -OCH3 is 1. The van der Waals surface area contributed by atoms with Crippen molar-refractivity contribution in [2.24, 2.45) is 11.8 Å². The molecule has 3 rings (SSSR count). The van der Waals surface area contributed by atoms with Crippen LogP contribution in [-0.2, 0) is 57.1 Å². The Morgan fingerprint density at radius 2 is 1.71 bits per heavy atom. The summed E-state index contributed by atoms with van der Waals surface area (Å²) in [5.41, 5.74) is -1.49. The van der Waals surface area contributed by atoms with Crippen molar-refractivity contribution in [1.82, 2.24) is 4.90 Å². The number of carbonyl (C=O) groups excluding carboxylic acids is 4. The van der Waals surface area contributed by atoms with Gasteiger partial charge in [-0.15, -0.1) is 0 Å². The molecule has 16 atom stereocenters. The van der Waals surface area contributed by atoms with Crippen molar-refractivity contribution in [2.75, 3.05) is 21.2 Å². The molecule has 0 bridgehead atoms. The quantitative estimate of drug-likeness (QED) is 0.156. The van der Waals surface area contributed by atoms with Crippen molar-refractivity contribution in [3.8, 4) is 0 Å². The summed E-state index contributed by atoms with van der Waals surface area (Å²) in [5, 5.41) is 34.3. The van der Waals surface area contributed by atoms with Gasteiger partial charge in [-0.05, 0) is 60.0 Å². The molecule has 0 aromatic rings. The molecule has 2 fully saturated rings. The van der Waals surface area contributed by atoms with E-state index in [1.807, 2.05) is 13.0 Å². The minimum Gasteiger partial charge on any atom is -0.462 e. The smallest absolute Gasteiger partial charge is 0.309 e. The molecule has 56 heavy (non-hydrogen) atoms. The molecular weight excluding hydrogens is 734 g/mol. The fourth-order valence-corrected chi connectivity index (χ4v) is 7.77. The molecule has 0 aromatic heterocycles. The van der Waals surface area contributed by atoms with Gasteiger partial charge in [0.25, 0.3) is 0 Å². The van der Waals surface area contributed by atoms with Gasteiger partial charge in [-0.3, -0.25) is 14.4 Å². The molecule has 0 aromatic carbocycles. The topological polar surface area (TPSA) is 206 Å². The van der Waals surface area contributed by atoms with E-state index in [1.54, 1.807) is 64.9 Å². The van der Waals surface area contributed by atoms with Crippen LogP contribution in [0.25, 0.3) is 0 Å². The lowest BCUT2D eigenvalue weighted by molar-refractivity contribution is -0.344. The second kappa shape index (κ2) is 21.8. The van der Waals surface area contributed by atoms with Gasteiger partial charge in [-0.1, -0.05) is 38.2 Å². The van der Waals surface area contributed by atoms with Gasteiger partial charge in [0, 0.05) is 39.7 Å². The Bertz CT molecular complexity index is 1340. The monoisotopic (exact) mass is 799 g/mol. The largest absolute Gasteiger partial charge is 0.462 e. The minimum absolute atomic E-state index is 0.000768. The third-order valence-electron chi connectivity index (χ3n) is 10.6. The van der Waals surface area contributed by atoms with Crippen molar-refractivity contribution < 1.29 is 72.4 Å². The predicted octanol–water partition coefficient (Wildman–Crippen LogP) is 2.38. The van der Waals surface area contributed by atoms with Crippen LogP contribution in [0.2, 0.25) is 0 Å². The fourth-order valence-electron chi connectivity index (χ4n) is 7.77. The van der Waals surface area contributed by atoms with Gasteiger partial charge >= 0.3 is 17.9 Å². The van der Waals surface area contributed by atoms with Gasteiger partial charge in [0.15, 0.2) is 18.7 Å². The van der Waals surface area contributed by atoms with E-state index in [4.69, 9.17) is 37.9 Å². The van der Waals surface area contributed by atoms with Crippen LogP contribution in [0.3, 0.4) is 0 Å². The van der Waals surface area contributed by atoms with Gasteiger partial charge in [-0.2, -0.15) is 0 Å². The Labute approximate surface area is 330 Å². The maximum absolute atomic E-state index is 13.3. The molecule has 2 saturated heterocycles. The van der Waals surface area contributed by atoms with Crippen LogP contribution in [0.5, 0.6) is 0 Å². The predicted molar refractivity (Wildman–Crippen MR) is 201 cm³/mol. The van der Waals surface area contributed by atoms with E-state index in [1.165, 1.54) is 21.0 Å². The second-order valence-electron chi connectivity index (χ2n) is 15.7. The highest BCUT2D eigenvalue weighted by molar-refractivity contribution is 5.72. The number of aliphatic hydroxyl groups excluding tert-OH is 2. The first-order chi connectivity index (χ1) is 26.3. The van der Waals surface area contributed by atoms with Crippen LogP contribution in [0.4, 0.5) is 0 Å². The van der Waals surface area contributed by atoms with Gasteiger partial charge in [-0.25, -0.2) is 0 Å². The van der Waals surface area contributed by atoms with Gasteiger partial charge in [0.2, 0.25) is 0 Å². The summed E-state index contributed by atoms with van der Waals surface area (Å²) in [5.74, 6) is -2.91. The second-order valence-corrected chi connectivity index (χ2v) is 15.7. The average Bonchev–Trinajstić information content (AvgIpc) is 3.10. The summed E-state index contributed by atoms with van der Waals surface area (Å²) in [6.45, 7) is 11.3. The standard InChI is InChI=1S/C40H65NO15/c1-11-30(45)54-29-20-31(46)50-23(3)15-13-12-14-16-28(44)22(2)19-27(17-18-42)36(37(29)49-10)56-39-34(47)33(41(8)9)35(24(4)52-39)55-32-21-40(7,48)38(25(5)51-32)53-26(6)43/h12-14,16,18,22-25,27-29,32-39,44,47-48H,11,15,17,19-21H2,1-10H3/b13-12+,16-14+/t22-,23-,24+,25+,27-,28-,29+,32-,33+,34+,35+,36-,37-,38+,39+,40-/m0/s1. The number of aliphatic hydroxyl groups is 3. The number of nitrogens with zero attached hydrogens (tertiary/aromatic N) is 1. The van der Waals surface area contributed by atoms with E-state index in [-0.39, 0.29) is 25.7 Å². The van der Waals surface area contributed by atoms with E-state index >= 15 is 0 Å². The summed E-state index contributed by atoms with van der Waals surface area (Å²) in [6, 6.07) is -0.778. The van der Waals surface area contributed by atoms with Crippen LogP contribution < -0.4 is 0 Å². The number of cyclic esters (lactones) is 1. The number of aldehydes is 1. The molecule has 3 aliphatic heterocycles. The first kappa shape index (κ1) is 47.6. The Hall–Kier alpha value is -2.80. The maximum Gasteiger partial charge on any atom is 0.309 e. The van der Waals surface area contributed by atoms with Crippen LogP contribution in [0.1, 0.15) is 87.0 Å². The van der Waals surface area contributed by atoms with E-state index in [0.29, 0.717) is 12.7 Å². The van der Waals surface area contributed by atoms with Crippen LogP contribution in [0.15, 0.2) is 24.3 Å². The molecule has 3 N–H and O–H groups in total. The molecule has 16 heteroatoms. The Balaban J connectivity index is 2.02. The molecule has 16 nitrogen and oxygen atoms in total. The zero-order chi connectivity index (χ0) is 41.9. The van der Waals surface area contributed by atoms with Gasteiger partial charge in [0.1, 0.15) is 42.4 Å². The number of hydrogen-bond acceptors (Lipinski definition) is 16. The average molecular weight is 800 g/mol. The van der Waals surface area contributed by atoms with Crippen molar-refractivity contribution in [1.29, 1.82) is 0 Å². The molecule has 0 spiro atoms. The lowest BCUT2D eigenvalue weighted by Crippen LogP contribution is -2.66. The molecule has 0 radical (unpaired) electrons. The molecular formula is C40H65NO15. The van der Waals surface area contributed by atoms with E-state index < -0.39 is 121 Å². The summed E-state index contributed by atoms with van der Waals surface area (Å²) in [4.78, 5) is 51.8. The number of allylic oxidation sites excluding steroid dienone is 2. The zero-order valence-corrected chi connectivity index (χ0v) is 34.5. The molecule has 0 amide bonds. The summed E-state index contributed by atoms with van der Waals surface area (Å²) >= 11 is 0. The molecule has 0 aliphatic carbocycles.